The number of rotatable bonds is 3. The number of fused-ring (bicyclic) bond motifs is 6. The van der Waals surface area contributed by atoms with Crippen LogP contribution in [-0.4, -0.2) is 0 Å². The number of hydrogen-bond donors (Lipinski definition) is 0. The third kappa shape index (κ3) is 3.81. The molecule has 212 valence electrons. The third-order valence-corrected chi connectivity index (χ3v) is 9.96. The predicted octanol–water partition coefficient (Wildman–Crippen LogP) is 12.9. The molecule has 1 aliphatic carbocycles. The molecule has 9 aromatic rings. The molecule has 0 radical (unpaired) electrons. The molecule has 0 aromatic heterocycles. The van der Waals surface area contributed by atoms with Gasteiger partial charge in [-0.15, -0.1) is 0 Å². The fourth-order valence-corrected chi connectivity index (χ4v) is 7.72. The maximum atomic E-state index is 2.40. The molecule has 0 unspecified atom stereocenters. The van der Waals surface area contributed by atoms with Crippen LogP contribution in [0.15, 0.2) is 170 Å². The van der Waals surface area contributed by atoms with Crippen molar-refractivity contribution in [3.63, 3.8) is 0 Å². The molecule has 10 rings (SSSR count). The third-order valence-electron chi connectivity index (χ3n) is 9.96. The summed E-state index contributed by atoms with van der Waals surface area (Å²) >= 11 is 0. The minimum absolute atomic E-state index is 1.23. The highest BCUT2D eigenvalue weighted by atomic mass is 14.3. The average molecular weight is 581 g/mol. The lowest BCUT2D eigenvalue weighted by Crippen LogP contribution is -1.88. The highest BCUT2D eigenvalue weighted by Gasteiger charge is 2.23. The van der Waals surface area contributed by atoms with Gasteiger partial charge in [-0.3, -0.25) is 0 Å². The van der Waals surface area contributed by atoms with Gasteiger partial charge in [0.15, 0.2) is 0 Å². The van der Waals surface area contributed by atoms with Crippen LogP contribution in [0.25, 0.3) is 98.7 Å². The number of benzene rings is 9. The smallest absolute Gasteiger partial charge is 0.00201 e. The van der Waals surface area contributed by atoms with Gasteiger partial charge in [-0.05, 0) is 129 Å². The highest BCUT2D eigenvalue weighted by Crippen LogP contribution is 2.50. The summed E-state index contributed by atoms with van der Waals surface area (Å²) in [6.07, 6.45) is 0. The summed E-state index contributed by atoms with van der Waals surface area (Å²) in [5, 5.41) is 10.3. The Hall–Kier alpha value is -5.98. The van der Waals surface area contributed by atoms with Crippen LogP contribution in [0.3, 0.4) is 0 Å². The maximum absolute atomic E-state index is 2.40. The van der Waals surface area contributed by atoms with E-state index in [1.807, 2.05) is 0 Å². The Labute approximate surface area is 267 Å². The van der Waals surface area contributed by atoms with Crippen LogP contribution in [0.1, 0.15) is 0 Å². The highest BCUT2D eigenvalue weighted by molar-refractivity contribution is 6.20. The topological polar surface area (TPSA) is 0 Å². The van der Waals surface area contributed by atoms with E-state index in [2.05, 4.69) is 170 Å². The molecule has 0 amide bonds. The van der Waals surface area contributed by atoms with Crippen LogP contribution in [0.5, 0.6) is 0 Å². The standard InChI is InChI=1S/C46H28/c1-2-9-30-24-31(17-16-29(30)8-1)32-18-19-34-26-35(21-20-33(34)25-32)37-27-36-10-3-4-11-38(36)45(28-37)41-22-23-44-40-13-6-5-12-39(40)42-14-7-15-43(41)46(42)44/h1-28H. The number of hydrogen-bond acceptors (Lipinski definition) is 0. The SMILES string of the molecule is c1ccc2c(c1)-c1cccc3c(-c4cc(-c5ccc6cc(-c7ccc8ccccc8c7)ccc6c5)cc5ccccc45)ccc-2c13. The van der Waals surface area contributed by atoms with Crippen LogP contribution in [0, 0.1) is 0 Å². The summed E-state index contributed by atoms with van der Waals surface area (Å²) < 4.78 is 0. The van der Waals surface area contributed by atoms with Crippen molar-refractivity contribution < 1.29 is 0 Å². The van der Waals surface area contributed by atoms with Crippen LogP contribution < -0.4 is 0 Å². The molecule has 0 heteroatoms. The fraction of sp³-hybridized carbons (Fsp3) is 0. The lowest BCUT2D eigenvalue weighted by Gasteiger charge is -2.15. The lowest BCUT2D eigenvalue weighted by atomic mass is 9.88. The molecule has 0 bridgehead atoms. The van der Waals surface area contributed by atoms with E-state index in [4.69, 9.17) is 0 Å². The van der Waals surface area contributed by atoms with E-state index in [1.54, 1.807) is 0 Å². The molecule has 0 spiro atoms. The van der Waals surface area contributed by atoms with E-state index < -0.39 is 0 Å². The van der Waals surface area contributed by atoms with Gasteiger partial charge in [0.05, 0.1) is 0 Å². The van der Waals surface area contributed by atoms with Crippen molar-refractivity contribution in [2.24, 2.45) is 0 Å². The normalized spacial score (nSPS) is 11.9. The van der Waals surface area contributed by atoms with Crippen molar-refractivity contribution >= 4 is 43.1 Å². The van der Waals surface area contributed by atoms with Crippen molar-refractivity contribution in [3.05, 3.63) is 170 Å². The molecule has 0 atom stereocenters. The Bertz CT molecular complexity index is 2660. The van der Waals surface area contributed by atoms with E-state index in [1.165, 1.54) is 98.7 Å². The van der Waals surface area contributed by atoms with E-state index in [0.717, 1.165) is 0 Å². The van der Waals surface area contributed by atoms with Crippen molar-refractivity contribution in [1.29, 1.82) is 0 Å². The monoisotopic (exact) mass is 580 g/mol. The van der Waals surface area contributed by atoms with Crippen molar-refractivity contribution in [3.8, 4) is 55.6 Å². The first-order valence-electron chi connectivity index (χ1n) is 16.0. The lowest BCUT2D eigenvalue weighted by molar-refractivity contribution is 1.64. The summed E-state index contributed by atoms with van der Waals surface area (Å²) in [5.41, 5.74) is 12.9. The van der Waals surface area contributed by atoms with E-state index in [0.29, 0.717) is 0 Å². The largest absolute Gasteiger partial charge is 0.0616 e. The van der Waals surface area contributed by atoms with Crippen LogP contribution in [0.2, 0.25) is 0 Å². The van der Waals surface area contributed by atoms with Gasteiger partial charge >= 0.3 is 0 Å². The molecule has 0 heterocycles. The van der Waals surface area contributed by atoms with E-state index >= 15 is 0 Å². The van der Waals surface area contributed by atoms with Gasteiger partial charge < -0.3 is 0 Å². The van der Waals surface area contributed by atoms with Gasteiger partial charge in [-0.1, -0.05) is 140 Å². The first kappa shape index (κ1) is 25.4. The molecule has 9 aromatic carbocycles. The van der Waals surface area contributed by atoms with E-state index in [-0.39, 0.29) is 0 Å². The summed E-state index contributed by atoms with van der Waals surface area (Å²) in [4.78, 5) is 0. The zero-order chi connectivity index (χ0) is 30.2. The maximum Gasteiger partial charge on any atom is -0.00201 e. The second-order valence-corrected chi connectivity index (χ2v) is 12.5. The molecule has 0 nitrogen and oxygen atoms in total. The van der Waals surface area contributed by atoms with Crippen LogP contribution in [-0.2, 0) is 0 Å². The van der Waals surface area contributed by atoms with Crippen LogP contribution in [0.4, 0.5) is 0 Å². The molecule has 0 saturated carbocycles. The van der Waals surface area contributed by atoms with Gasteiger partial charge in [-0.2, -0.15) is 0 Å². The molecule has 0 N–H and O–H groups in total. The summed E-state index contributed by atoms with van der Waals surface area (Å²) in [7, 11) is 0. The summed E-state index contributed by atoms with van der Waals surface area (Å²) in [6, 6.07) is 62.9. The van der Waals surface area contributed by atoms with E-state index in [9.17, 15) is 0 Å². The minimum atomic E-state index is 1.23. The van der Waals surface area contributed by atoms with Gasteiger partial charge in [-0.25, -0.2) is 0 Å². The van der Waals surface area contributed by atoms with Gasteiger partial charge in [0, 0.05) is 0 Å². The first-order chi connectivity index (χ1) is 22.8. The Morgan fingerprint density at radius 1 is 0.217 bits per heavy atom. The Balaban J connectivity index is 1.12. The van der Waals surface area contributed by atoms with Crippen LogP contribution >= 0.6 is 0 Å². The zero-order valence-corrected chi connectivity index (χ0v) is 25.2. The van der Waals surface area contributed by atoms with Crippen molar-refractivity contribution in [2.75, 3.05) is 0 Å². The van der Waals surface area contributed by atoms with Crippen molar-refractivity contribution in [2.45, 2.75) is 0 Å². The molecule has 0 saturated heterocycles. The fourth-order valence-electron chi connectivity index (χ4n) is 7.72. The molecular weight excluding hydrogens is 553 g/mol. The average Bonchev–Trinajstić information content (AvgIpc) is 3.45. The summed E-state index contributed by atoms with van der Waals surface area (Å²) in [6.45, 7) is 0. The Morgan fingerprint density at radius 3 is 1.43 bits per heavy atom. The van der Waals surface area contributed by atoms with Crippen molar-refractivity contribution in [1.82, 2.24) is 0 Å². The van der Waals surface area contributed by atoms with Gasteiger partial charge in [0.1, 0.15) is 0 Å². The quantitative estimate of drug-likeness (QED) is 0.195. The Morgan fingerprint density at radius 2 is 0.696 bits per heavy atom. The van der Waals surface area contributed by atoms with Gasteiger partial charge in [0.2, 0.25) is 0 Å². The minimum Gasteiger partial charge on any atom is -0.0616 e. The molecule has 0 fully saturated rings. The Kier molecular flexibility index (Phi) is 5.38. The molecular formula is C46H28. The molecule has 1 aliphatic rings. The molecule has 0 aliphatic heterocycles. The second-order valence-electron chi connectivity index (χ2n) is 12.5. The van der Waals surface area contributed by atoms with Gasteiger partial charge in [0.25, 0.3) is 0 Å². The zero-order valence-electron chi connectivity index (χ0n) is 25.2. The first-order valence-corrected chi connectivity index (χ1v) is 16.0. The molecule has 46 heavy (non-hydrogen) atoms. The summed E-state index contributed by atoms with van der Waals surface area (Å²) in [5.74, 6) is 0. The second kappa shape index (κ2) is 9.76. The predicted molar refractivity (Wildman–Crippen MR) is 197 cm³/mol.